The van der Waals surface area contributed by atoms with Crippen molar-refractivity contribution in [3.05, 3.63) is 0 Å². The fraction of sp³-hybridized carbons (Fsp3) is 0.900. The molecule has 3 heterocycles. The molecule has 3 saturated heterocycles. The van der Waals surface area contributed by atoms with Gasteiger partial charge in [0.2, 0.25) is 11.8 Å². The van der Waals surface area contributed by atoms with E-state index in [0.717, 1.165) is 45.2 Å². The van der Waals surface area contributed by atoms with Crippen LogP contribution in [0.3, 0.4) is 0 Å². The Morgan fingerprint density at radius 2 is 1.68 bits per heavy atom. The van der Waals surface area contributed by atoms with E-state index in [2.05, 4.69) is 10.6 Å². The Bertz CT molecular complexity index is 491. The fourth-order valence-electron chi connectivity index (χ4n) is 5.58. The van der Waals surface area contributed by atoms with Gasteiger partial charge in [0.15, 0.2) is 0 Å². The van der Waals surface area contributed by atoms with Gasteiger partial charge < -0.3 is 15.5 Å². The first-order valence-electron chi connectivity index (χ1n) is 10.5. The molecule has 140 valence electrons. The largest absolute Gasteiger partial charge is 0.352 e. The third-order valence-corrected chi connectivity index (χ3v) is 6.86. The molecule has 3 aliphatic heterocycles. The minimum atomic E-state index is 0.165. The highest BCUT2D eigenvalue weighted by molar-refractivity contribution is 5.80. The van der Waals surface area contributed by atoms with Crippen molar-refractivity contribution in [3.63, 3.8) is 0 Å². The normalized spacial score (nSPS) is 35.8. The third kappa shape index (κ3) is 4.18. The van der Waals surface area contributed by atoms with E-state index in [1.54, 1.807) is 0 Å². The average Bonchev–Trinajstić information content (AvgIpc) is 3.21. The summed E-state index contributed by atoms with van der Waals surface area (Å²) in [5, 5.41) is 6.85. The van der Waals surface area contributed by atoms with E-state index in [1.165, 1.54) is 32.1 Å². The van der Waals surface area contributed by atoms with Crippen molar-refractivity contribution in [1.29, 1.82) is 0 Å². The molecule has 2 bridgehead atoms. The average molecular weight is 348 g/mol. The van der Waals surface area contributed by atoms with Gasteiger partial charge in [0.1, 0.15) is 0 Å². The lowest BCUT2D eigenvalue weighted by Gasteiger charge is -2.29. The highest BCUT2D eigenvalue weighted by atomic mass is 16.2. The molecule has 0 radical (unpaired) electrons. The summed E-state index contributed by atoms with van der Waals surface area (Å²) in [5.74, 6) is 1.32. The third-order valence-electron chi connectivity index (χ3n) is 6.86. The van der Waals surface area contributed by atoms with Crippen LogP contribution in [0.1, 0.15) is 70.6 Å². The van der Waals surface area contributed by atoms with E-state index in [9.17, 15) is 9.59 Å². The lowest BCUT2D eigenvalue weighted by molar-refractivity contribution is -0.135. The Morgan fingerprint density at radius 3 is 2.40 bits per heavy atom. The smallest absolute Gasteiger partial charge is 0.225 e. The molecule has 5 nitrogen and oxygen atoms in total. The first kappa shape index (κ1) is 17.3. The van der Waals surface area contributed by atoms with E-state index >= 15 is 0 Å². The highest BCUT2D eigenvalue weighted by Gasteiger charge is 2.35. The fourth-order valence-corrected chi connectivity index (χ4v) is 5.58. The minimum Gasteiger partial charge on any atom is -0.352 e. The summed E-state index contributed by atoms with van der Waals surface area (Å²) in [6.07, 6.45) is 12.2. The number of fused-ring (bicyclic) bond motifs is 2. The van der Waals surface area contributed by atoms with E-state index in [0.29, 0.717) is 30.3 Å². The second kappa shape index (κ2) is 7.65. The maximum atomic E-state index is 12.6. The van der Waals surface area contributed by atoms with Crippen LogP contribution in [0.4, 0.5) is 0 Å². The SMILES string of the molecule is O=C(CC1CC2CCC(C1)N2)NC1CCN(C(=O)C2CCCCC2)C1. The van der Waals surface area contributed by atoms with Crippen molar-refractivity contribution in [2.24, 2.45) is 11.8 Å². The topological polar surface area (TPSA) is 61.4 Å². The van der Waals surface area contributed by atoms with Gasteiger partial charge in [-0.3, -0.25) is 9.59 Å². The number of hydrogen-bond acceptors (Lipinski definition) is 3. The van der Waals surface area contributed by atoms with Crippen molar-refractivity contribution in [3.8, 4) is 0 Å². The first-order valence-corrected chi connectivity index (χ1v) is 10.5. The van der Waals surface area contributed by atoms with Crippen LogP contribution >= 0.6 is 0 Å². The van der Waals surface area contributed by atoms with Crippen LogP contribution in [0, 0.1) is 11.8 Å². The Balaban J connectivity index is 1.21. The number of nitrogens with zero attached hydrogens (tertiary/aromatic N) is 1. The summed E-state index contributed by atoms with van der Waals surface area (Å²) in [4.78, 5) is 27.1. The van der Waals surface area contributed by atoms with Crippen LogP contribution in [-0.2, 0) is 9.59 Å². The van der Waals surface area contributed by atoms with E-state index in [4.69, 9.17) is 0 Å². The maximum Gasteiger partial charge on any atom is 0.225 e. The van der Waals surface area contributed by atoms with Crippen molar-refractivity contribution in [2.45, 2.75) is 88.8 Å². The predicted octanol–water partition coefficient (Wildman–Crippen LogP) is 2.20. The summed E-state index contributed by atoms with van der Waals surface area (Å²) in [7, 11) is 0. The number of likely N-dealkylation sites (tertiary alicyclic amines) is 1. The molecule has 4 rings (SSSR count). The van der Waals surface area contributed by atoms with Gasteiger partial charge in [0.25, 0.3) is 0 Å². The molecule has 3 unspecified atom stereocenters. The lowest BCUT2D eigenvalue weighted by Crippen LogP contribution is -2.43. The summed E-state index contributed by atoms with van der Waals surface area (Å²) < 4.78 is 0. The molecular formula is C20H33N3O2. The Hall–Kier alpha value is -1.10. The molecule has 0 spiro atoms. The molecule has 4 aliphatic rings. The van der Waals surface area contributed by atoms with Gasteiger partial charge >= 0.3 is 0 Å². The number of carbonyl (C=O) groups excluding carboxylic acids is 2. The molecule has 0 aromatic carbocycles. The number of amides is 2. The van der Waals surface area contributed by atoms with Gasteiger partial charge in [-0.2, -0.15) is 0 Å². The quantitative estimate of drug-likeness (QED) is 0.820. The molecule has 4 fully saturated rings. The van der Waals surface area contributed by atoms with Crippen molar-refractivity contribution >= 4 is 11.8 Å². The van der Waals surface area contributed by atoms with Gasteiger partial charge in [-0.1, -0.05) is 19.3 Å². The number of hydrogen-bond donors (Lipinski definition) is 2. The molecular weight excluding hydrogens is 314 g/mol. The Morgan fingerprint density at radius 1 is 0.960 bits per heavy atom. The van der Waals surface area contributed by atoms with Gasteiger partial charge in [-0.05, 0) is 50.9 Å². The molecule has 2 amide bonds. The minimum absolute atomic E-state index is 0.165. The highest BCUT2D eigenvalue weighted by Crippen LogP contribution is 2.32. The molecule has 0 aromatic heterocycles. The number of nitrogens with one attached hydrogen (secondary N) is 2. The van der Waals surface area contributed by atoms with Crippen molar-refractivity contribution in [1.82, 2.24) is 15.5 Å². The van der Waals surface area contributed by atoms with Crippen LogP contribution < -0.4 is 10.6 Å². The van der Waals surface area contributed by atoms with Crippen LogP contribution in [0.2, 0.25) is 0 Å². The zero-order chi connectivity index (χ0) is 17.2. The van der Waals surface area contributed by atoms with E-state index in [-0.39, 0.29) is 17.9 Å². The molecule has 2 N–H and O–H groups in total. The molecule has 25 heavy (non-hydrogen) atoms. The van der Waals surface area contributed by atoms with Crippen LogP contribution in [0.5, 0.6) is 0 Å². The number of carbonyl (C=O) groups is 2. The standard InChI is InChI=1S/C20H33N3O2/c24-19(12-14-10-16-6-7-17(11-14)21-16)22-18-8-9-23(13-18)20(25)15-4-2-1-3-5-15/h14-18,21H,1-13H2,(H,22,24). The predicted molar refractivity (Wildman–Crippen MR) is 97.0 cm³/mol. The monoisotopic (exact) mass is 347 g/mol. The summed E-state index contributed by atoms with van der Waals surface area (Å²) >= 11 is 0. The molecule has 5 heteroatoms. The molecule has 0 aromatic rings. The Kier molecular flexibility index (Phi) is 5.30. The van der Waals surface area contributed by atoms with Gasteiger partial charge in [0.05, 0.1) is 0 Å². The lowest BCUT2D eigenvalue weighted by atomic mass is 9.88. The second-order valence-electron chi connectivity index (χ2n) is 8.85. The van der Waals surface area contributed by atoms with Crippen LogP contribution in [0.25, 0.3) is 0 Å². The number of piperidine rings is 1. The summed E-state index contributed by atoms with van der Waals surface area (Å²) in [5.41, 5.74) is 0. The maximum absolute atomic E-state index is 12.6. The molecule has 1 aliphatic carbocycles. The Labute approximate surface area is 151 Å². The summed E-state index contributed by atoms with van der Waals surface area (Å²) in [6, 6.07) is 1.46. The van der Waals surface area contributed by atoms with Gasteiger partial charge in [-0.25, -0.2) is 0 Å². The van der Waals surface area contributed by atoms with Crippen LogP contribution in [0.15, 0.2) is 0 Å². The van der Waals surface area contributed by atoms with Crippen molar-refractivity contribution in [2.75, 3.05) is 13.1 Å². The van der Waals surface area contributed by atoms with E-state index in [1.807, 2.05) is 4.90 Å². The second-order valence-corrected chi connectivity index (χ2v) is 8.85. The van der Waals surface area contributed by atoms with E-state index < -0.39 is 0 Å². The zero-order valence-corrected chi connectivity index (χ0v) is 15.3. The number of rotatable bonds is 4. The summed E-state index contributed by atoms with van der Waals surface area (Å²) in [6.45, 7) is 1.54. The molecule has 3 atom stereocenters. The van der Waals surface area contributed by atoms with Crippen LogP contribution in [-0.4, -0.2) is 47.9 Å². The van der Waals surface area contributed by atoms with Gasteiger partial charge in [-0.15, -0.1) is 0 Å². The zero-order valence-electron chi connectivity index (χ0n) is 15.3. The molecule has 1 saturated carbocycles. The van der Waals surface area contributed by atoms with Gasteiger partial charge in [0, 0.05) is 43.6 Å². The van der Waals surface area contributed by atoms with Crippen molar-refractivity contribution < 1.29 is 9.59 Å². The first-order chi connectivity index (χ1) is 12.2.